The number of carbonyl (C=O) groups is 3. The first-order valence-electron chi connectivity index (χ1n) is 11.9. The van der Waals surface area contributed by atoms with Crippen LogP contribution in [0.3, 0.4) is 0 Å². The van der Waals surface area contributed by atoms with Crippen molar-refractivity contribution in [1.29, 1.82) is 0 Å². The number of halogens is 3. The molecule has 0 aliphatic heterocycles. The summed E-state index contributed by atoms with van der Waals surface area (Å²) in [7, 11) is 0. The van der Waals surface area contributed by atoms with Gasteiger partial charge in [-0.1, -0.05) is 43.3 Å². The number of anilines is 2. The maximum atomic E-state index is 13.0. The van der Waals surface area contributed by atoms with Crippen molar-refractivity contribution in [1.82, 2.24) is 0 Å². The van der Waals surface area contributed by atoms with Crippen molar-refractivity contribution in [3.8, 4) is 11.1 Å². The molecular weight excluding hydrogens is 501 g/mol. The van der Waals surface area contributed by atoms with E-state index in [1.807, 2.05) is 6.07 Å². The molecular formula is C28H25F3N2O5. The van der Waals surface area contributed by atoms with E-state index in [2.05, 4.69) is 10.6 Å². The fourth-order valence-corrected chi connectivity index (χ4v) is 4.74. The molecule has 4 N–H and O–H groups in total. The fourth-order valence-electron chi connectivity index (χ4n) is 4.74. The van der Waals surface area contributed by atoms with Crippen LogP contribution in [-0.2, 0) is 17.4 Å². The van der Waals surface area contributed by atoms with Gasteiger partial charge in [-0.3, -0.25) is 9.59 Å². The highest BCUT2D eigenvalue weighted by atomic mass is 19.4. The van der Waals surface area contributed by atoms with Crippen LogP contribution in [-0.4, -0.2) is 33.6 Å². The van der Waals surface area contributed by atoms with Gasteiger partial charge >= 0.3 is 18.2 Å². The molecule has 0 heterocycles. The normalized spacial score (nSPS) is 17.9. The highest BCUT2D eigenvalue weighted by Gasteiger charge is 2.49. The number of carboxylic acid groups (broad SMARTS) is 1. The molecule has 0 radical (unpaired) electrons. The van der Waals surface area contributed by atoms with Crippen LogP contribution in [0.2, 0.25) is 0 Å². The first-order chi connectivity index (χ1) is 17.9. The molecule has 3 aromatic rings. The predicted octanol–water partition coefficient (Wildman–Crippen LogP) is 5.99. The number of ketones is 1. The van der Waals surface area contributed by atoms with E-state index < -0.39 is 41.0 Å². The number of carboxylic acids is 1. The van der Waals surface area contributed by atoms with Crippen LogP contribution < -0.4 is 10.6 Å². The first kappa shape index (κ1) is 26.9. The Hall–Kier alpha value is -4.18. The van der Waals surface area contributed by atoms with Gasteiger partial charge in [0.15, 0.2) is 5.78 Å². The molecule has 10 heteroatoms. The third kappa shape index (κ3) is 5.40. The molecule has 0 saturated carbocycles. The molecule has 1 aliphatic rings. The van der Waals surface area contributed by atoms with Gasteiger partial charge in [0.05, 0.1) is 11.5 Å². The van der Waals surface area contributed by atoms with Crippen LogP contribution in [0, 0.1) is 5.92 Å². The highest BCUT2D eigenvalue weighted by molar-refractivity contribution is 6.07. The van der Waals surface area contributed by atoms with E-state index in [-0.39, 0.29) is 18.5 Å². The van der Waals surface area contributed by atoms with Gasteiger partial charge in [0.25, 0.3) is 0 Å². The summed E-state index contributed by atoms with van der Waals surface area (Å²) >= 11 is 0. The zero-order valence-corrected chi connectivity index (χ0v) is 20.3. The van der Waals surface area contributed by atoms with Gasteiger partial charge in [-0.25, -0.2) is 4.79 Å². The Balaban J connectivity index is 1.46. The minimum Gasteiger partial charge on any atom is -0.481 e. The van der Waals surface area contributed by atoms with Crippen molar-refractivity contribution in [2.75, 3.05) is 10.6 Å². The highest BCUT2D eigenvalue weighted by Crippen LogP contribution is 2.37. The van der Waals surface area contributed by atoms with Crippen LogP contribution in [0.25, 0.3) is 11.1 Å². The number of Topliss-reactive ketones (excluding diaryl/α,β-unsaturated/α-hetero) is 1. The summed E-state index contributed by atoms with van der Waals surface area (Å²) in [5.74, 6) is -2.99. The second kappa shape index (κ2) is 10.3. The molecule has 2 unspecified atom stereocenters. The fraction of sp³-hybridized carbons (Fsp3) is 0.250. The van der Waals surface area contributed by atoms with E-state index in [1.54, 1.807) is 43.3 Å². The predicted molar refractivity (Wildman–Crippen MR) is 135 cm³/mol. The van der Waals surface area contributed by atoms with Crippen LogP contribution >= 0.6 is 0 Å². The maximum absolute atomic E-state index is 13.0. The lowest BCUT2D eigenvalue weighted by atomic mass is 9.71. The van der Waals surface area contributed by atoms with Crippen molar-refractivity contribution in [2.24, 2.45) is 5.92 Å². The average Bonchev–Trinajstić information content (AvgIpc) is 2.86. The summed E-state index contributed by atoms with van der Waals surface area (Å²) in [5, 5.41) is 25.3. The molecule has 4 rings (SSSR count). The lowest BCUT2D eigenvalue weighted by Gasteiger charge is -2.36. The molecule has 0 bridgehead atoms. The minimum atomic E-state index is -4.52. The average molecular weight is 527 g/mol. The Morgan fingerprint density at radius 2 is 1.63 bits per heavy atom. The zero-order valence-electron chi connectivity index (χ0n) is 20.3. The minimum absolute atomic E-state index is 0.00179. The summed E-state index contributed by atoms with van der Waals surface area (Å²) in [4.78, 5) is 36.9. The number of amides is 2. The van der Waals surface area contributed by atoms with E-state index >= 15 is 0 Å². The molecule has 1 aliphatic carbocycles. The number of benzene rings is 3. The van der Waals surface area contributed by atoms with Crippen LogP contribution in [0.1, 0.15) is 41.3 Å². The Labute approximate surface area is 216 Å². The molecule has 38 heavy (non-hydrogen) atoms. The summed E-state index contributed by atoms with van der Waals surface area (Å²) < 4.78 is 38.6. The van der Waals surface area contributed by atoms with Crippen LogP contribution in [0.4, 0.5) is 29.3 Å². The number of urea groups is 1. The molecule has 0 fully saturated rings. The zero-order chi connectivity index (χ0) is 27.7. The van der Waals surface area contributed by atoms with E-state index in [4.69, 9.17) is 0 Å². The van der Waals surface area contributed by atoms with Crippen molar-refractivity contribution >= 4 is 29.2 Å². The molecule has 2 amide bonds. The number of aliphatic hydroxyl groups is 1. The second-order valence-corrected chi connectivity index (χ2v) is 9.16. The lowest BCUT2D eigenvalue weighted by Crippen LogP contribution is -2.51. The quantitative estimate of drug-likeness (QED) is 0.315. The van der Waals surface area contributed by atoms with E-state index in [0.29, 0.717) is 23.2 Å². The van der Waals surface area contributed by atoms with E-state index in [0.717, 1.165) is 23.3 Å². The SMILES string of the molecule is CCC(C(=O)O)C1(O)CCc2cc(-c3ccc(NC(=O)Nc4cccc(C(F)(F)F)c4)cc3)ccc2C1=O. The molecule has 3 aromatic carbocycles. The van der Waals surface area contributed by atoms with E-state index in [9.17, 15) is 37.8 Å². The Morgan fingerprint density at radius 3 is 2.26 bits per heavy atom. The van der Waals surface area contributed by atoms with Gasteiger partial charge in [0.2, 0.25) is 0 Å². The number of hydrogen-bond donors (Lipinski definition) is 4. The Morgan fingerprint density at radius 1 is 0.974 bits per heavy atom. The Kier molecular flexibility index (Phi) is 7.28. The molecule has 2 atom stereocenters. The number of fused-ring (bicyclic) bond motifs is 1. The largest absolute Gasteiger partial charge is 0.481 e. The monoisotopic (exact) mass is 526 g/mol. The van der Waals surface area contributed by atoms with Crippen LogP contribution in [0.15, 0.2) is 66.7 Å². The number of carbonyl (C=O) groups excluding carboxylic acids is 2. The molecule has 7 nitrogen and oxygen atoms in total. The number of aliphatic carboxylic acids is 1. The third-order valence-corrected chi connectivity index (χ3v) is 6.73. The van der Waals surface area contributed by atoms with Gasteiger partial charge in [-0.05, 0) is 66.3 Å². The van der Waals surface area contributed by atoms with Gasteiger partial charge < -0.3 is 20.8 Å². The number of alkyl halides is 3. The third-order valence-electron chi connectivity index (χ3n) is 6.73. The first-order valence-corrected chi connectivity index (χ1v) is 11.9. The lowest BCUT2D eigenvalue weighted by molar-refractivity contribution is -0.150. The van der Waals surface area contributed by atoms with Crippen molar-refractivity contribution in [3.05, 3.63) is 83.4 Å². The number of nitrogens with one attached hydrogen (secondary N) is 2. The van der Waals surface area contributed by atoms with Gasteiger partial charge in [-0.15, -0.1) is 0 Å². The summed E-state index contributed by atoms with van der Waals surface area (Å²) in [5.41, 5.74) is 0.162. The van der Waals surface area contributed by atoms with Gasteiger partial charge in [0, 0.05) is 16.9 Å². The van der Waals surface area contributed by atoms with Crippen molar-refractivity contribution < 1.29 is 37.8 Å². The summed E-state index contributed by atoms with van der Waals surface area (Å²) in [6.07, 6.45) is -4.05. The number of hydrogen-bond acceptors (Lipinski definition) is 4. The molecule has 0 aromatic heterocycles. The smallest absolute Gasteiger partial charge is 0.416 e. The molecule has 0 saturated heterocycles. The van der Waals surface area contributed by atoms with Gasteiger partial charge in [0.1, 0.15) is 5.60 Å². The van der Waals surface area contributed by atoms with E-state index in [1.165, 1.54) is 12.1 Å². The Bertz CT molecular complexity index is 1390. The molecule has 0 spiro atoms. The maximum Gasteiger partial charge on any atom is 0.416 e. The van der Waals surface area contributed by atoms with Crippen molar-refractivity contribution in [2.45, 2.75) is 38.0 Å². The molecule has 198 valence electrons. The van der Waals surface area contributed by atoms with Crippen molar-refractivity contribution in [3.63, 3.8) is 0 Å². The van der Waals surface area contributed by atoms with Crippen LogP contribution in [0.5, 0.6) is 0 Å². The number of aryl methyl sites for hydroxylation is 1. The summed E-state index contributed by atoms with van der Waals surface area (Å²) in [6, 6.07) is 15.4. The van der Waals surface area contributed by atoms with Gasteiger partial charge in [-0.2, -0.15) is 13.2 Å². The second-order valence-electron chi connectivity index (χ2n) is 9.16. The topological polar surface area (TPSA) is 116 Å². The summed E-state index contributed by atoms with van der Waals surface area (Å²) in [6.45, 7) is 1.62. The number of rotatable bonds is 6. The standard InChI is InChI=1S/C28H25F3N2O5/c1-2-23(25(35)36)27(38)13-12-18-14-17(8-11-22(18)24(27)34)16-6-9-20(10-7-16)32-26(37)33-21-5-3-4-19(15-21)28(29,30)31/h3-11,14-15,23,38H,2,12-13H2,1H3,(H,35,36)(H2,32,33,37).